The van der Waals surface area contributed by atoms with Crippen molar-refractivity contribution in [3.05, 3.63) is 52.3 Å². The Labute approximate surface area is 125 Å². The van der Waals surface area contributed by atoms with Crippen LogP contribution in [0, 0.1) is 0 Å². The molecule has 1 aromatic carbocycles. The third kappa shape index (κ3) is 2.77. The van der Waals surface area contributed by atoms with Gasteiger partial charge in [-0.3, -0.25) is 4.68 Å². The number of methoxy groups -OCH3 is 1. The van der Waals surface area contributed by atoms with Crippen LogP contribution in [-0.2, 0) is 17.0 Å². The number of aromatic nitrogens is 2. The lowest BCUT2D eigenvalue weighted by Crippen LogP contribution is -2.35. The van der Waals surface area contributed by atoms with Gasteiger partial charge >= 0.3 is 0 Å². The Morgan fingerprint density at radius 3 is 2.70 bits per heavy atom. The van der Waals surface area contributed by atoms with Crippen LogP contribution in [0.15, 0.2) is 41.0 Å². The first-order chi connectivity index (χ1) is 9.63. The molecule has 0 saturated carbocycles. The first kappa shape index (κ1) is 15.2. The summed E-state index contributed by atoms with van der Waals surface area (Å²) in [7, 11) is 1.60. The van der Waals surface area contributed by atoms with Crippen LogP contribution >= 0.6 is 15.9 Å². The van der Waals surface area contributed by atoms with Gasteiger partial charge in [-0.15, -0.1) is 0 Å². The summed E-state index contributed by atoms with van der Waals surface area (Å²) in [5.74, 6) is 0. The van der Waals surface area contributed by atoms with Crippen molar-refractivity contribution in [2.75, 3.05) is 20.3 Å². The zero-order valence-electron chi connectivity index (χ0n) is 11.2. The zero-order chi connectivity index (χ0) is 14.6. The molecule has 1 heterocycles. The highest BCUT2D eigenvalue weighted by atomic mass is 79.9. The van der Waals surface area contributed by atoms with E-state index in [2.05, 4.69) is 21.0 Å². The first-order valence-corrected chi connectivity index (χ1v) is 7.08. The van der Waals surface area contributed by atoms with Gasteiger partial charge in [-0.05, 0) is 21.5 Å². The Bertz CT molecular complexity index is 561. The lowest BCUT2D eigenvalue weighted by Gasteiger charge is -2.26. The maximum atomic E-state index is 15.5. The predicted molar refractivity (Wildman–Crippen MR) is 79.2 cm³/mol. The quantitative estimate of drug-likeness (QED) is 0.878. The average Bonchev–Trinajstić information content (AvgIpc) is 2.86. The largest absolute Gasteiger partial charge is 0.383 e. The van der Waals surface area contributed by atoms with Crippen LogP contribution in [0.1, 0.15) is 11.3 Å². The van der Waals surface area contributed by atoms with Crippen molar-refractivity contribution in [2.24, 2.45) is 5.73 Å². The van der Waals surface area contributed by atoms with Crippen molar-refractivity contribution >= 4 is 15.9 Å². The van der Waals surface area contributed by atoms with Gasteiger partial charge in [0.1, 0.15) is 0 Å². The molecule has 0 bridgehead atoms. The normalized spacial score (nSPS) is 14.2. The Kier molecular flexibility index (Phi) is 4.91. The minimum absolute atomic E-state index is 0.158. The SMILES string of the molecule is COCCn1ncc(Br)c1C(F)(CN)c1ccccc1. The van der Waals surface area contributed by atoms with E-state index >= 15 is 4.39 Å². The molecule has 0 aliphatic carbocycles. The molecule has 20 heavy (non-hydrogen) atoms. The standard InChI is InChI=1S/C14H17BrFN3O/c1-20-8-7-19-13(12(15)9-18-19)14(16,10-17)11-5-3-2-4-6-11/h2-6,9H,7-8,10,17H2,1H3. The van der Waals surface area contributed by atoms with Gasteiger partial charge in [-0.2, -0.15) is 5.10 Å². The van der Waals surface area contributed by atoms with E-state index in [0.29, 0.717) is 28.9 Å². The summed E-state index contributed by atoms with van der Waals surface area (Å²) in [6.07, 6.45) is 1.58. The van der Waals surface area contributed by atoms with Gasteiger partial charge < -0.3 is 10.5 Å². The molecule has 0 fully saturated rings. The number of hydrogen-bond acceptors (Lipinski definition) is 3. The van der Waals surface area contributed by atoms with Crippen LogP contribution < -0.4 is 5.73 Å². The lowest BCUT2D eigenvalue weighted by molar-refractivity contribution is 0.170. The summed E-state index contributed by atoms with van der Waals surface area (Å²) in [6, 6.07) is 8.89. The summed E-state index contributed by atoms with van der Waals surface area (Å²) in [5.41, 5.74) is 4.88. The van der Waals surface area contributed by atoms with E-state index in [4.69, 9.17) is 10.5 Å². The number of alkyl halides is 1. The molecule has 0 spiro atoms. The van der Waals surface area contributed by atoms with Crippen molar-refractivity contribution in [1.82, 2.24) is 9.78 Å². The first-order valence-electron chi connectivity index (χ1n) is 6.28. The lowest BCUT2D eigenvalue weighted by atomic mass is 9.92. The Morgan fingerprint density at radius 2 is 2.10 bits per heavy atom. The Balaban J connectivity index is 2.48. The van der Waals surface area contributed by atoms with Crippen molar-refractivity contribution in [3.63, 3.8) is 0 Å². The molecule has 108 valence electrons. The van der Waals surface area contributed by atoms with E-state index < -0.39 is 5.67 Å². The zero-order valence-corrected chi connectivity index (χ0v) is 12.8. The van der Waals surface area contributed by atoms with Crippen molar-refractivity contribution in [1.29, 1.82) is 0 Å². The summed E-state index contributed by atoms with van der Waals surface area (Å²) in [6.45, 7) is 0.765. The molecule has 0 amide bonds. The molecule has 0 radical (unpaired) electrons. The van der Waals surface area contributed by atoms with Gasteiger partial charge in [0.05, 0.1) is 29.5 Å². The summed E-state index contributed by atoms with van der Waals surface area (Å²) >= 11 is 3.36. The summed E-state index contributed by atoms with van der Waals surface area (Å²) in [5, 5.41) is 4.19. The molecule has 4 nitrogen and oxygen atoms in total. The molecular weight excluding hydrogens is 325 g/mol. The monoisotopic (exact) mass is 341 g/mol. The van der Waals surface area contributed by atoms with E-state index in [0.717, 1.165) is 0 Å². The van der Waals surface area contributed by atoms with E-state index in [9.17, 15) is 0 Å². The number of nitrogens with zero attached hydrogens (tertiary/aromatic N) is 2. The van der Waals surface area contributed by atoms with Crippen LogP contribution in [0.4, 0.5) is 4.39 Å². The molecule has 1 atom stereocenters. The predicted octanol–water partition coefficient (Wildman–Crippen LogP) is 2.46. The molecular formula is C14H17BrFN3O. The molecule has 1 aromatic heterocycles. The minimum Gasteiger partial charge on any atom is -0.383 e. The van der Waals surface area contributed by atoms with Crippen molar-refractivity contribution in [2.45, 2.75) is 12.2 Å². The molecule has 2 rings (SSSR count). The summed E-state index contributed by atoms with van der Waals surface area (Å²) < 4.78 is 22.7. The maximum absolute atomic E-state index is 15.5. The highest BCUT2D eigenvalue weighted by Crippen LogP contribution is 2.37. The average molecular weight is 342 g/mol. The topological polar surface area (TPSA) is 53.1 Å². The molecule has 0 aliphatic rings. The van der Waals surface area contributed by atoms with Crippen LogP contribution in [-0.4, -0.2) is 30.0 Å². The van der Waals surface area contributed by atoms with E-state index in [1.54, 1.807) is 42.3 Å². The van der Waals surface area contributed by atoms with Gasteiger partial charge in [0.2, 0.25) is 0 Å². The molecule has 6 heteroatoms. The molecule has 1 unspecified atom stereocenters. The van der Waals surface area contributed by atoms with Crippen LogP contribution in [0.2, 0.25) is 0 Å². The minimum atomic E-state index is -1.79. The fourth-order valence-corrected chi connectivity index (χ4v) is 2.77. The number of halogens is 2. The smallest absolute Gasteiger partial charge is 0.190 e. The van der Waals surface area contributed by atoms with Gasteiger partial charge in [0, 0.05) is 13.7 Å². The van der Waals surface area contributed by atoms with E-state index in [-0.39, 0.29) is 6.54 Å². The molecule has 2 aromatic rings. The van der Waals surface area contributed by atoms with Gasteiger partial charge in [0.25, 0.3) is 0 Å². The Morgan fingerprint density at radius 1 is 1.40 bits per heavy atom. The second kappa shape index (κ2) is 6.47. The van der Waals surface area contributed by atoms with E-state index in [1.165, 1.54) is 0 Å². The van der Waals surface area contributed by atoms with E-state index in [1.807, 2.05) is 6.07 Å². The third-order valence-corrected chi connectivity index (χ3v) is 3.77. The van der Waals surface area contributed by atoms with Crippen molar-refractivity contribution in [3.8, 4) is 0 Å². The Hall–Kier alpha value is -1.24. The number of nitrogens with two attached hydrogens (primary N) is 1. The highest BCUT2D eigenvalue weighted by molar-refractivity contribution is 9.10. The van der Waals surface area contributed by atoms with Gasteiger partial charge in [-0.1, -0.05) is 30.3 Å². The number of hydrogen-bond donors (Lipinski definition) is 1. The van der Waals surface area contributed by atoms with Crippen molar-refractivity contribution < 1.29 is 9.13 Å². The number of rotatable bonds is 6. The molecule has 0 saturated heterocycles. The number of benzene rings is 1. The van der Waals surface area contributed by atoms with Gasteiger partial charge in [-0.25, -0.2) is 4.39 Å². The fraction of sp³-hybridized carbons (Fsp3) is 0.357. The second-order valence-electron chi connectivity index (χ2n) is 4.43. The van der Waals surface area contributed by atoms with Crippen LogP contribution in [0.25, 0.3) is 0 Å². The highest BCUT2D eigenvalue weighted by Gasteiger charge is 2.38. The third-order valence-electron chi connectivity index (χ3n) is 3.19. The fourth-order valence-electron chi connectivity index (χ4n) is 2.16. The summed E-state index contributed by atoms with van der Waals surface area (Å²) in [4.78, 5) is 0. The maximum Gasteiger partial charge on any atom is 0.190 e. The second-order valence-corrected chi connectivity index (χ2v) is 5.28. The van der Waals surface area contributed by atoms with Gasteiger partial charge in [0.15, 0.2) is 5.67 Å². The number of ether oxygens (including phenoxy) is 1. The van der Waals surface area contributed by atoms with Crippen LogP contribution in [0.3, 0.4) is 0 Å². The van der Waals surface area contributed by atoms with Crippen LogP contribution in [0.5, 0.6) is 0 Å². The molecule has 0 aliphatic heterocycles. The molecule has 2 N–H and O–H groups in total.